The molecule has 134 valence electrons. The lowest BCUT2D eigenvalue weighted by molar-refractivity contribution is 0.0985. The SMILES string of the molecule is Cc1ccc(NC2=CC(=O)c3cc(CCCC(C)C)ccc3C2=O)cc1. The normalized spacial score (nSPS) is 13.6. The average molecular weight is 347 g/mol. The molecule has 0 fully saturated rings. The van der Waals surface area contributed by atoms with Gasteiger partial charge in [-0.1, -0.05) is 44.0 Å². The molecular weight excluding hydrogens is 322 g/mol. The molecule has 0 spiro atoms. The lowest BCUT2D eigenvalue weighted by atomic mass is 9.89. The highest BCUT2D eigenvalue weighted by Crippen LogP contribution is 2.25. The molecule has 0 radical (unpaired) electrons. The minimum Gasteiger partial charge on any atom is -0.352 e. The van der Waals surface area contributed by atoms with Gasteiger partial charge in [0, 0.05) is 22.9 Å². The van der Waals surface area contributed by atoms with E-state index in [0.29, 0.717) is 22.7 Å². The van der Waals surface area contributed by atoms with Crippen LogP contribution in [0, 0.1) is 12.8 Å². The summed E-state index contributed by atoms with van der Waals surface area (Å²) < 4.78 is 0. The number of carbonyl (C=O) groups excluding carboxylic acids is 2. The first-order valence-corrected chi connectivity index (χ1v) is 9.21. The number of carbonyl (C=O) groups is 2. The Balaban J connectivity index is 1.78. The van der Waals surface area contributed by atoms with Crippen molar-refractivity contribution in [2.24, 2.45) is 5.92 Å². The molecule has 0 unspecified atom stereocenters. The van der Waals surface area contributed by atoms with E-state index in [1.807, 2.05) is 43.3 Å². The van der Waals surface area contributed by atoms with E-state index >= 15 is 0 Å². The molecular formula is C23H25NO2. The maximum absolute atomic E-state index is 12.8. The van der Waals surface area contributed by atoms with Gasteiger partial charge in [0.25, 0.3) is 0 Å². The Morgan fingerprint density at radius 3 is 2.38 bits per heavy atom. The zero-order valence-corrected chi connectivity index (χ0v) is 15.6. The van der Waals surface area contributed by atoms with E-state index in [1.165, 1.54) is 6.08 Å². The number of hydrogen-bond acceptors (Lipinski definition) is 3. The summed E-state index contributed by atoms with van der Waals surface area (Å²) in [4.78, 5) is 25.3. The van der Waals surface area contributed by atoms with Crippen molar-refractivity contribution >= 4 is 17.3 Å². The van der Waals surface area contributed by atoms with E-state index in [4.69, 9.17) is 0 Å². The van der Waals surface area contributed by atoms with Crippen LogP contribution in [-0.2, 0) is 6.42 Å². The van der Waals surface area contributed by atoms with Crippen LogP contribution >= 0.6 is 0 Å². The summed E-state index contributed by atoms with van der Waals surface area (Å²) in [5.41, 5.74) is 4.40. The summed E-state index contributed by atoms with van der Waals surface area (Å²) in [7, 11) is 0. The summed E-state index contributed by atoms with van der Waals surface area (Å²) in [6, 6.07) is 13.4. The summed E-state index contributed by atoms with van der Waals surface area (Å²) in [5.74, 6) is 0.433. The molecule has 26 heavy (non-hydrogen) atoms. The third-order valence-electron chi connectivity index (χ3n) is 4.69. The molecule has 0 heterocycles. The fourth-order valence-corrected chi connectivity index (χ4v) is 3.17. The first-order chi connectivity index (χ1) is 12.4. The Morgan fingerprint density at radius 2 is 1.69 bits per heavy atom. The van der Waals surface area contributed by atoms with Crippen molar-refractivity contribution in [2.75, 3.05) is 5.32 Å². The summed E-state index contributed by atoms with van der Waals surface area (Å²) in [5, 5.41) is 3.08. The largest absolute Gasteiger partial charge is 0.352 e. The second-order valence-corrected chi connectivity index (χ2v) is 7.41. The molecule has 3 rings (SSSR count). The number of anilines is 1. The molecule has 3 nitrogen and oxygen atoms in total. The summed E-state index contributed by atoms with van der Waals surface area (Å²) >= 11 is 0. The molecule has 1 N–H and O–H groups in total. The van der Waals surface area contributed by atoms with Crippen molar-refractivity contribution in [2.45, 2.75) is 40.0 Å². The zero-order chi connectivity index (χ0) is 18.7. The maximum atomic E-state index is 12.8. The Morgan fingerprint density at radius 1 is 0.962 bits per heavy atom. The number of Topliss-reactive ketones (excluding diaryl/α,β-unsaturated/α-hetero) is 1. The van der Waals surface area contributed by atoms with Crippen molar-refractivity contribution in [3.8, 4) is 0 Å². The van der Waals surface area contributed by atoms with Crippen molar-refractivity contribution in [1.82, 2.24) is 0 Å². The molecule has 2 aromatic rings. The highest BCUT2D eigenvalue weighted by atomic mass is 16.1. The van der Waals surface area contributed by atoms with Crippen molar-refractivity contribution in [3.63, 3.8) is 0 Å². The highest BCUT2D eigenvalue weighted by molar-refractivity contribution is 6.25. The molecule has 0 amide bonds. The van der Waals surface area contributed by atoms with Crippen LogP contribution in [0.15, 0.2) is 54.2 Å². The standard InChI is InChI=1S/C23H25NO2/c1-15(2)5-4-6-17-9-12-19-20(13-17)22(25)14-21(23(19)26)24-18-10-7-16(3)8-11-18/h7-15,24H,4-6H2,1-3H3. The van der Waals surface area contributed by atoms with Crippen LogP contribution in [0.25, 0.3) is 0 Å². The monoisotopic (exact) mass is 347 g/mol. The number of hydrogen-bond donors (Lipinski definition) is 1. The summed E-state index contributed by atoms with van der Waals surface area (Å²) in [6.45, 7) is 6.43. The number of fused-ring (bicyclic) bond motifs is 1. The van der Waals surface area contributed by atoms with Crippen LogP contribution in [0.1, 0.15) is 58.5 Å². The van der Waals surface area contributed by atoms with Crippen LogP contribution in [0.2, 0.25) is 0 Å². The van der Waals surface area contributed by atoms with Crippen LogP contribution in [0.4, 0.5) is 5.69 Å². The van der Waals surface area contributed by atoms with Gasteiger partial charge in [0.1, 0.15) is 0 Å². The minimum atomic E-state index is -0.131. The lowest BCUT2D eigenvalue weighted by Crippen LogP contribution is -2.21. The van der Waals surface area contributed by atoms with Crippen LogP contribution in [0.5, 0.6) is 0 Å². The molecule has 0 atom stereocenters. The second kappa shape index (κ2) is 7.69. The van der Waals surface area contributed by atoms with Crippen LogP contribution < -0.4 is 5.32 Å². The lowest BCUT2D eigenvalue weighted by Gasteiger charge is -2.17. The quantitative estimate of drug-likeness (QED) is 0.766. The van der Waals surface area contributed by atoms with Gasteiger partial charge in [-0.3, -0.25) is 9.59 Å². The third-order valence-corrected chi connectivity index (χ3v) is 4.69. The molecule has 1 aliphatic carbocycles. The van der Waals surface area contributed by atoms with E-state index in [1.54, 1.807) is 6.07 Å². The van der Waals surface area contributed by atoms with Gasteiger partial charge in [-0.2, -0.15) is 0 Å². The Labute approximate surface area is 155 Å². The van der Waals surface area contributed by atoms with Gasteiger partial charge in [0.15, 0.2) is 5.78 Å². The van der Waals surface area contributed by atoms with Crippen LogP contribution in [-0.4, -0.2) is 11.6 Å². The maximum Gasteiger partial charge on any atom is 0.210 e. The van der Waals surface area contributed by atoms with Gasteiger partial charge in [-0.25, -0.2) is 0 Å². The van der Waals surface area contributed by atoms with E-state index in [9.17, 15) is 9.59 Å². The average Bonchev–Trinajstić information content (AvgIpc) is 2.61. The third kappa shape index (κ3) is 4.10. The molecule has 0 aliphatic heterocycles. The predicted molar refractivity (Wildman–Crippen MR) is 106 cm³/mol. The number of ketones is 2. The molecule has 0 bridgehead atoms. The van der Waals surface area contributed by atoms with E-state index < -0.39 is 0 Å². The Hall–Kier alpha value is -2.68. The van der Waals surface area contributed by atoms with Gasteiger partial charge in [-0.05, 0) is 55.5 Å². The van der Waals surface area contributed by atoms with Crippen LogP contribution in [0.3, 0.4) is 0 Å². The van der Waals surface area contributed by atoms with Gasteiger partial charge < -0.3 is 5.32 Å². The van der Waals surface area contributed by atoms with E-state index in [0.717, 1.165) is 36.1 Å². The zero-order valence-electron chi connectivity index (χ0n) is 15.6. The number of rotatable bonds is 6. The molecule has 0 saturated carbocycles. The number of allylic oxidation sites excluding steroid dienone is 2. The molecule has 2 aromatic carbocycles. The number of benzene rings is 2. The Bertz CT molecular complexity index is 860. The first kappa shape index (κ1) is 18.1. The van der Waals surface area contributed by atoms with Gasteiger partial charge >= 0.3 is 0 Å². The van der Waals surface area contributed by atoms with Crippen molar-refractivity contribution in [3.05, 3.63) is 76.5 Å². The van der Waals surface area contributed by atoms with E-state index in [-0.39, 0.29) is 11.6 Å². The second-order valence-electron chi connectivity index (χ2n) is 7.41. The number of aryl methyl sites for hydroxylation is 2. The van der Waals surface area contributed by atoms with Gasteiger partial charge in [0.2, 0.25) is 5.78 Å². The summed E-state index contributed by atoms with van der Waals surface area (Å²) in [6.07, 6.45) is 4.61. The molecule has 3 heteroatoms. The topological polar surface area (TPSA) is 46.2 Å². The molecule has 0 saturated heterocycles. The van der Waals surface area contributed by atoms with Gasteiger partial charge in [0.05, 0.1) is 5.70 Å². The predicted octanol–water partition coefficient (Wildman–Crippen LogP) is 5.35. The fourth-order valence-electron chi connectivity index (χ4n) is 3.17. The van der Waals surface area contributed by atoms with Crippen molar-refractivity contribution < 1.29 is 9.59 Å². The molecule has 1 aliphatic rings. The van der Waals surface area contributed by atoms with Gasteiger partial charge in [-0.15, -0.1) is 0 Å². The van der Waals surface area contributed by atoms with E-state index in [2.05, 4.69) is 19.2 Å². The highest BCUT2D eigenvalue weighted by Gasteiger charge is 2.25. The smallest absolute Gasteiger partial charge is 0.210 e. The first-order valence-electron chi connectivity index (χ1n) is 9.21. The minimum absolute atomic E-state index is 0.111. The fraction of sp³-hybridized carbons (Fsp3) is 0.304. The molecule has 0 aromatic heterocycles. The Kier molecular flexibility index (Phi) is 5.36. The van der Waals surface area contributed by atoms with Crippen molar-refractivity contribution in [1.29, 1.82) is 0 Å². The number of nitrogens with one attached hydrogen (secondary N) is 1.